The van der Waals surface area contributed by atoms with E-state index in [-0.39, 0.29) is 11.8 Å². The number of thioether (sulfide) groups is 1. The van der Waals surface area contributed by atoms with Gasteiger partial charge < -0.3 is 10.6 Å². The fourth-order valence-electron chi connectivity index (χ4n) is 2.52. The van der Waals surface area contributed by atoms with Crippen molar-refractivity contribution in [3.8, 4) is 0 Å². The molecule has 0 aromatic heterocycles. The standard InChI is InChI=1S/C14H18N2OS/c17-14(11-5-7-18-9-11)16-12-4-3-10-2-1-6-15-13(10)8-12/h3-4,8,11,15H,1-2,5-7,9H2,(H,16,17). The molecule has 3 nitrogen and oxygen atoms in total. The summed E-state index contributed by atoms with van der Waals surface area (Å²) < 4.78 is 0. The Morgan fingerprint density at radius 2 is 2.39 bits per heavy atom. The van der Waals surface area contributed by atoms with E-state index in [0.29, 0.717) is 0 Å². The van der Waals surface area contributed by atoms with Gasteiger partial charge in [0.25, 0.3) is 0 Å². The predicted molar refractivity (Wildman–Crippen MR) is 77.3 cm³/mol. The maximum Gasteiger partial charge on any atom is 0.228 e. The van der Waals surface area contributed by atoms with E-state index in [1.807, 2.05) is 17.8 Å². The summed E-state index contributed by atoms with van der Waals surface area (Å²) in [5, 5.41) is 6.43. The number of rotatable bonds is 2. The average molecular weight is 262 g/mol. The number of carbonyl (C=O) groups is 1. The molecule has 0 saturated carbocycles. The van der Waals surface area contributed by atoms with Crippen LogP contribution < -0.4 is 10.6 Å². The number of anilines is 2. The first-order chi connectivity index (χ1) is 8.83. The van der Waals surface area contributed by atoms with Crippen molar-refractivity contribution < 1.29 is 4.79 Å². The summed E-state index contributed by atoms with van der Waals surface area (Å²) in [7, 11) is 0. The molecular formula is C14H18N2OS. The van der Waals surface area contributed by atoms with Crippen molar-refractivity contribution in [3.63, 3.8) is 0 Å². The molecule has 1 aromatic carbocycles. The highest BCUT2D eigenvalue weighted by Crippen LogP contribution is 2.27. The van der Waals surface area contributed by atoms with E-state index in [1.165, 1.54) is 17.7 Å². The van der Waals surface area contributed by atoms with Gasteiger partial charge in [0.15, 0.2) is 0 Å². The second-order valence-electron chi connectivity index (χ2n) is 4.95. The summed E-state index contributed by atoms with van der Waals surface area (Å²) in [5.41, 5.74) is 3.46. The number of hydrogen-bond acceptors (Lipinski definition) is 3. The molecule has 18 heavy (non-hydrogen) atoms. The molecule has 1 aromatic rings. The minimum absolute atomic E-state index is 0.177. The first kappa shape index (κ1) is 11.9. The molecule has 96 valence electrons. The molecule has 1 fully saturated rings. The lowest BCUT2D eigenvalue weighted by Crippen LogP contribution is -2.22. The third-order valence-electron chi connectivity index (χ3n) is 3.62. The van der Waals surface area contributed by atoms with Gasteiger partial charge in [-0.05, 0) is 42.7 Å². The Morgan fingerprint density at radius 1 is 1.44 bits per heavy atom. The Morgan fingerprint density at radius 3 is 3.22 bits per heavy atom. The fraction of sp³-hybridized carbons (Fsp3) is 0.500. The molecule has 2 aliphatic rings. The number of amides is 1. The van der Waals surface area contributed by atoms with Crippen LogP contribution in [0.3, 0.4) is 0 Å². The maximum absolute atomic E-state index is 12.0. The van der Waals surface area contributed by atoms with Crippen LogP contribution in [-0.2, 0) is 11.2 Å². The van der Waals surface area contributed by atoms with E-state index in [4.69, 9.17) is 0 Å². The highest BCUT2D eigenvalue weighted by Gasteiger charge is 2.23. The van der Waals surface area contributed by atoms with Gasteiger partial charge in [0.05, 0.1) is 0 Å². The molecule has 1 saturated heterocycles. The Balaban J connectivity index is 1.70. The first-order valence-electron chi connectivity index (χ1n) is 6.58. The smallest absolute Gasteiger partial charge is 0.228 e. The van der Waals surface area contributed by atoms with Gasteiger partial charge in [-0.3, -0.25) is 4.79 Å². The topological polar surface area (TPSA) is 41.1 Å². The molecule has 2 N–H and O–H groups in total. The fourth-order valence-corrected chi connectivity index (χ4v) is 3.74. The van der Waals surface area contributed by atoms with Crippen molar-refractivity contribution in [1.82, 2.24) is 0 Å². The predicted octanol–water partition coefficient (Wildman–Crippen LogP) is 2.74. The van der Waals surface area contributed by atoms with E-state index in [0.717, 1.165) is 36.6 Å². The molecule has 1 amide bonds. The highest BCUT2D eigenvalue weighted by atomic mass is 32.2. The maximum atomic E-state index is 12.0. The number of benzene rings is 1. The van der Waals surface area contributed by atoms with Gasteiger partial charge in [-0.1, -0.05) is 6.07 Å². The molecular weight excluding hydrogens is 244 g/mol. The summed E-state index contributed by atoms with van der Waals surface area (Å²) in [5.74, 6) is 2.45. The summed E-state index contributed by atoms with van der Waals surface area (Å²) in [4.78, 5) is 12.0. The second-order valence-corrected chi connectivity index (χ2v) is 6.10. The van der Waals surface area contributed by atoms with E-state index in [9.17, 15) is 4.79 Å². The van der Waals surface area contributed by atoms with Crippen molar-refractivity contribution in [2.75, 3.05) is 28.7 Å². The first-order valence-corrected chi connectivity index (χ1v) is 7.74. The Kier molecular flexibility index (Phi) is 3.46. The molecule has 0 bridgehead atoms. The van der Waals surface area contributed by atoms with Crippen molar-refractivity contribution in [3.05, 3.63) is 23.8 Å². The van der Waals surface area contributed by atoms with Crippen LogP contribution in [0.1, 0.15) is 18.4 Å². The third-order valence-corrected chi connectivity index (χ3v) is 4.78. The van der Waals surface area contributed by atoms with E-state index in [1.54, 1.807) is 0 Å². The molecule has 1 unspecified atom stereocenters. The van der Waals surface area contributed by atoms with Crippen LogP contribution in [0, 0.1) is 5.92 Å². The zero-order valence-electron chi connectivity index (χ0n) is 10.4. The SMILES string of the molecule is O=C(Nc1ccc2c(c1)NCCC2)C1CCSC1. The number of aryl methyl sites for hydroxylation is 1. The van der Waals surface area contributed by atoms with Crippen molar-refractivity contribution in [1.29, 1.82) is 0 Å². The van der Waals surface area contributed by atoms with Crippen molar-refractivity contribution in [2.24, 2.45) is 5.92 Å². The van der Waals surface area contributed by atoms with Crippen LogP contribution in [0.15, 0.2) is 18.2 Å². The summed E-state index contributed by atoms with van der Waals surface area (Å²) in [6.45, 7) is 1.03. The van der Waals surface area contributed by atoms with Crippen LogP contribution in [0.2, 0.25) is 0 Å². The normalized spacial score (nSPS) is 22.1. The van der Waals surface area contributed by atoms with Gasteiger partial charge in [0.2, 0.25) is 5.91 Å². The Hall–Kier alpha value is -1.16. The van der Waals surface area contributed by atoms with Gasteiger partial charge in [0, 0.05) is 29.6 Å². The van der Waals surface area contributed by atoms with Gasteiger partial charge in [-0.15, -0.1) is 0 Å². The summed E-state index contributed by atoms with van der Waals surface area (Å²) in [6.07, 6.45) is 3.34. The molecule has 2 heterocycles. The van der Waals surface area contributed by atoms with Crippen LogP contribution >= 0.6 is 11.8 Å². The quantitative estimate of drug-likeness (QED) is 0.861. The number of hydrogen-bond donors (Lipinski definition) is 2. The molecule has 0 radical (unpaired) electrons. The zero-order chi connectivity index (χ0) is 12.4. The van der Waals surface area contributed by atoms with Gasteiger partial charge >= 0.3 is 0 Å². The van der Waals surface area contributed by atoms with Crippen LogP contribution in [0.4, 0.5) is 11.4 Å². The van der Waals surface area contributed by atoms with Crippen LogP contribution in [-0.4, -0.2) is 24.0 Å². The van der Waals surface area contributed by atoms with Gasteiger partial charge in [0.1, 0.15) is 0 Å². The van der Waals surface area contributed by atoms with E-state index >= 15 is 0 Å². The minimum atomic E-state index is 0.177. The molecule has 2 aliphatic heterocycles. The lowest BCUT2D eigenvalue weighted by atomic mass is 10.0. The zero-order valence-corrected chi connectivity index (χ0v) is 11.2. The monoisotopic (exact) mass is 262 g/mol. The largest absolute Gasteiger partial charge is 0.385 e. The molecule has 0 aliphatic carbocycles. The lowest BCUT2D eigenvalue weighted by Gasteiger charge is -2.19. The molecule has 3 rings (SSSR count). The van der Waals surface area contributed by atoms with Crippen LogP contribution in [0.25, 0.3) is 0 Å². The highest BCUT2D eigenvalue weighted by molar-refractivity contribution is 7.99. The Labute approximate surface area is 112 Å². The van der Waals surface area contributed by atoms with E-state index in [2.05, 4.69) is 22.8 Å². The van der Waals surface area contributed by atoms with Crippen molar-refractivity contribution >= 4 is 29.0 Å². The van der Waals surface area contributed by atoms with E-state index < -0.39 is 0 Å². The average Bonchev–Trinajstić information content (AvgIpc) is 2.92. The van der Waals surface area contributed by atoms with Gasteiger partial charge in [-0.2, -0.15) is 11.8 Å². The summed E-state index contributed by atoms with van der Waals surface area (Å²) in [6, 6.07) is 6.21. The third kappa shape index (κ3) is 2.48. The van der Waals surface area contributed by atoms with Gasteiger partial charge in [-0.25, -0.2) is 0 Å². The number of nitrogens with one attached hydrogen (secondary N) is 2. The molecule has 1 atom stereocenters. The number of carbonyl (C=O) groups excluding carboxylic acids is 1. The molecule has 4 heteroatoms. The van der Waals surface area contributed by atoms with Crippen LogP contribution in [0.5, 0.6) is 0 Å². The summed E-state index contributed by atoms with van der Waals surface area (Å²) >= 11 is 1.87. The lowest BCUT2D eigenvalue weighted by molar-refractivity contribution is -0.119. The minimum Gasteiger partial charge on any atom is -0.385 e. The number of fused-ring (bicyclic) bond motifs is 1. The Bertz CT molecular complexity index is 455. The second kappa shape index (κ2) is 5.22. The van der Waals surface area contributed by atoms with Crippen molar-refractivity contribution in [2.45, 2.75) is 19.3 Å². The molecule has 0 spiro atoms.